The summed E-state index contributed by atoms with van der Waals surface area (Å²) in [4.78, 5) is 11.5. The highest BCUT2D eigenvalue weighted by Gasteiger charge is 2.48. The molecule has 3 fully saturated rings. The van der Waals surface area contributed by atoms with Crippen LogP contribution in [0.25, 0.3) is 0 Å². The van der Waals surface area contributed by atoms with E-state index >= 15 is 0 Å². The van der Waals surface area contributed by atoms with Gasteiger partial charge in [-0.25, -0.2) is 0 Å². The van der Waals surface area contributed by atoms with Crippen LogP contribution in [-0.4, -0.2) is 24.8 Å². The number of methoxy groups -OCH3 is 1. The lowest BCUT2D eigenvalue weighted by Crippen LogP contribution is -2.45. The Morgan fingerprint density at radius 1 is 1.50 bits per heavy atom. The van der Waals surface area contributed by atoms with Gasteiger partial charge in [-0.15, -0.1) is 0 Å². The molecule has 3 aliphatic rings. The van der Waals surface area contributed by atoms with Crippen molar-refractivity contribution in [2.75, 3.05) is 13.7 Å². The average Bonchev–Trinajstić information content (AvgIpc) is 2.29. The van der Waals surface area contributed by atoms with Crippen LogP contribution < -0.4 is 0 Å². The molecule has 14 heavy (non-hydrogen) atoms. The summed E-state index contributed by atoms with van der Waals surface area (Å²) in [5, 5.41) is 9.39. The average molecular weight is 198 g/mol. The van der Waals surface area contributed by atoms with Crippen LogP contribution in [0.3, 0.4) is 0 Å². The number of hydrogen-bond donors (Lipinski definition) is 1. The van der Waals surface area contributed by atoms with E-state index in [1.54, 1.807) is 0 Å². The van der Waals surface area contributed by atoms with Gasteiger partial charge in [0.15, 0.2) is 0 Å². The Morgan fingerprint density at radius 3 is 2.64 bits per heavy atom. The molecule has 0 aromatic heterocycles. The van der Waals surface area contributed by atoms with Crippen LogP contribution in [0.15, 0.2) is 0 Å². The molecule has 3 nitrogen and oxygen atoms in total. The number of fused-ring (bicyclic) bond motifs is 3. The minimum absolute atomic E-state index is 0.0353. The predicted octanol–water partition coefficient (Wildman–Crippen LogP) is 1.35. The Balaban J connectivity index is 2.12. The number of aliphatic hydroxyl groups excluding tert-OH is 1. The van der Waals surface area contributed by atoms with E-state index in [0.717, 1.165) is 32.1 Å². The van der Waals surface area contributed by atoms with Gasteiger partial charge >= 0.3 is 5.97 Å². The van der Waals surface area contributed by atoms with Crippen molar-refractivity contribution in [3.63, 3.8) is 0 Å². The molecule has 1 atom stereocenters. The zero-order valence-electron chi connectivity index (χ0n) is 8.66. The summed E-state index contributed by atoms with van der Waals surface area (Å²) in [5.41, 5.74) is 0.0353. The summed E-state index contributed by atoms with van der Waals surface area (Å²) in [6, 6.07) is 0. The van der Waals surface area contributed by atoms with Crippen LogP contribution in [0.4, 0.5) is 0 Å². The van der Waals surface area contributed by atoms with Crippen molar-refractivity contribution in [3.05, 3.63) is 0 Å². The Labute approximate surface area is 84.4 Å². The summed E-state index contributed by atoms with van der Waals surface area (Å²) in [6.07, 6.45) is 5.17. The molecule has 3 aliphatic carbocycles. The summed E-state index contributed by atoms with van der Waals surface area (Å²) in [7, 11) is 1.45. The van der Waals surface area contributed by atoms with Gasteiger partial charge in [-0.2, -0.15) is 0 Å². The molecular weight excluding hydrogens is 180 g/mol. The fourth-order valence-electron chi connectivity index (χ4n) is 3.14. The van der Waals surface area contributed by atoms with Crippen LogP contribution >= 0.6 is 0 Å². The third-order valence-corrected chi connectivity index (χ3v) is 4.15. The second-order valence-corrected chi connectivity index (χ2v) is 4.83. The zero-order chi connectivity index (χ0) is 10.2. The van der Waals surface area contributed by atoms with E-state index in [9.17, 15) is 9.90 Å². The van der Waals surface area contributed by atoms with Crippen molar-refractivity contribution in [1.29, 1.82) is 0 Å². The molecule has 0 saturated heterocycles. The molecule has 3 rings (SSSR count). The van der Waals surface area contributed by atoms with Gasteiger partial charge in [0, 0.05) is 6.61 Å². The van der Waals surface area contributed by atoms with Gasteiger partial charge in [-0.3, -0.25) is 4.79 Å². The molecule has 0 heterocycles. The van der Waals surface area contributed by atoms with Crippen molar-refractivity contribution >= 4 is 5.97 Å². The molecule has 0 amide bonds. The van der Waals surface area contributed by atoms with E-state index in [1.165, 1.54) is 7.11 Å². The van der Waals surface area contributed by atoms with Crippen LogP contribution in [-0.2, 0) is 9.53 Å². The zero-order valence-corrected chi connectivity index (χ0v) is 8.66. The number of hydrogen-bond acceptors (Lipinski definition) is 3. The molecular formula is C11H18O3. The first-order valence-electron chi connectivity index (χ1n) is 5.39. The van der Waals surface area contributed by atoms with E-state index < -0.39 is 0 Å². The predicted molar refractivity (Wildman–Crippen MR) is 51.6 cm³/mol. The number of carbonyl (C=O) groups is 1. The third kappa shape index (κ3) is 1.44. The Hall–Kier alpha value is -0.570. The third-order valence-electron chi connectivity index (χ3n) is 4.15. The highest BCUT2D eigenvalue weighted by molar-refractivity contribution is 5.73. The van der Waals surface area contributed by atoms with Gasteiger partial charge in [0.2, 0.25) is 0 Å². The first-order chi connectivity index (χ1) is 6.71. The van der Waals surface area contributed by atoms with Gasteiger partial charge < -0.3 is 9.84 Å². The topological polar surface area (TPSA) is 46.5 Å². The number of esters is 1. The molecule has 3 saturated carbocycles. The normalized spacial score (nSPS) is 41.0. The lowest BCUT2D eigenvalue weighted by atomic mass is 9.56. The van der Waals surface area contributed by atoms with Crippen LogP contribution in [0, 0.1) is 17.3 Å². The van der Waals surface area contributed by atoms with Gasteiger partial charge in [-0.1, -0.05) is 0 Å². The SMILES string of the molecule is COC(=O)C1CC2(CO)CCC1CC2. The lowest BCUT2D eigenvalue weighted by molar-refractivity contribution is -0.155. The minimum Gasteiger partial charge on any atom is -0.469 e. The highest BCUT2D eigenvalue weighted by Crippen LogP contribution is 2.52. The number of ether oxygens (including phenoxy) is 1. The summed E-state index contributed by atoms with van der Waals surface area (Å²) in [6.45, 7) is 0.229. The molecule has 0 aliphatic heterocycles. The number of rotatable bonds is 2. The molecule has 0 spiro atoms. The second-order valence-electron chi connectivity index (χ2n) is 4.83. The smallest absolute Gasteiger partial charge is 0.308 e. The molecule has 80 valence electrons. The second kappa shape index (κ2) is 3.54. The molecule has 1 unspecified atom stereocenters. The van der Waals surface area contributed by atoms with Gasteiger partial charge in [0.05, 0.1) is 13.0 Å². The number of carbonyl (C=O) groups excluding carboxylic acids is 1. The maximum atomic E-state index is 11.5. The summed E-state index contributed by atoms with van der Waals surface area (Å²) in [5.74, 6) is 0.484. The molecule has 2 bridgehead atoms. The summed E-state index contributed by atoms with van der Waals surface area (Å²) < 4.78 is 4.81. The Kier molecular flexibility index (Phi) is 2.52. The van der Waals surface area contributed by atoms with Crippen LogP contribution in [0.1, 0.15) is 32.1 Å². The first kappa shape index (κ1) is 9.97. The molecule has 0 radical (unpaired) electrons. The standard InChI is InChI=1S/C11H18O3/c1-14-10(13)9-6-11(7-12)4-2-8(9)3-5-11/h8-9,12H,2-7H2,1H3. The van der Waals surface area contributed by atoms with Gasteiger partial charge in [0.1, 0.15) is 0 Å². The maximum absolute atomic E-state index is 11.5. The van der Waals surface area contributed by atoms with Crippen LogP contribution in [0.5, 0.6) is 0 Å². The minimum atomic E-state index is -0.0766. The fraction of sp³-hybridized carbons (Fsp3) is 0.909. The maximum Gasteiger partial charge on any atom is 0.308 e. The molecule has 3 heteroatoms. The summed E-state index contributed by atoms with van der Waals surface area (Å²) >= 11 is 0. The van der Waals surface area contributed by atoms with Gasteiger partial charge in [0.25, 0.3) is 0 Å². The van der Waals surface area contributed by atoms with Crippen molar-refractivity contribution < 1.29 is 14.6 Å². The first-order valence-corrected chi connectivity index (χ1v) is 5.39. The van der Waals surface area contributed by atoms with E-state index in [1.807, 2.05) is 0 Å². The Bertz CT molecular complexity index is 229. The highest BCUT2D eigenvalue weighted by atomic mass is 16.5. The quantitative estimate of drug-likeness (QED) is 0.681. The van der Waals surface area contributed by atoms with Crippen molar-refractivity contribution in [1.82, 2.24) is 0 Å². The van der Waals surface area contributed by atoms with Crippen molar-refractivity contribution in [2.45, 2.75) is 32.1 Å². The van der Waals surface area contributed by atoms with Crippen LogP contribution in [0.2, 0.25) is 0 Å². The van der Waals surface area contributed by atoms with Crippen molar-refractivity contribution in [3.8, 4) is 0 Å². The van der Waals surface area contributed by atoms with Gasteiger partial charge in [-0.05, 0) is 43.4 Å². The molecule has 0 aromatic carbocycles. The largest absolute Gasteiger partial charge is 0.469 e. The van der Waals surface area contributed by atoms with Crippen molar-refractivity contribution in [2.24, 2.45) is 17.3 Å². The Morgan fingerprint density at radius 2 is 2.14 bits per heavy atom. The monoisotopic (exact) mass is 198 g/mol. The van der Waals surface area contributed by atoms with E-state index in [-0.39, 0.29) is 23.9 Å². The number of aliphatic hydroxyl groups is 1. The van der Waals surface area contributed by atoms with E-state index in [0.29, 0.717) is 5.92 Å². The van der Waals surface area contributed by atoms with E-state index in [4.69, 9.17) is 4.74 Å². The molecule has 1 N–H and O–H groups in total. The van der Waals surface area contributed by atoms with E-state index in [2.05, 4.69) is 0 Å². The fourth-order valence-corrected chi connectivity index (χ4v) is 3.14. The molecule has 0 aromatic rings. The lowest BCUT2D eigenvalue weighted by Gasteiger charge is -2.48.